The second-order valence-corrected chi connectivity index (χ2v) is 6.39. The molecule has 0 bridgehead atoms. The number of methoxy groups -OCH3 is 1. The topological polar surface area (TPSA) is 63.9 Å². The second-order valence-electron chi connectivity index (χ2n) is 6.39. The van der Waals surface area contributed by atoms with Crippen molar-refractivity contribution in [2.24, 2.45) is 4.99 Å². The molecule has 0 amide bonds. The Morgan fingerprint density at radius 1 is 1.15 bits per heavy atom. The normalized spacial score (nSPS) is 14.6. The Bertz CT molecular complexity index is 834. The summed E-state index contributed by atoms with van der Waals surface area (Å²) in [6.45, 7) is 4.30. The summed E-state index contributed by atoms with van der Waals surface area (Å²) in [5.41, 5.74) is 2.94. The van der Waals surface area contributed by atoms with Crippen molar-refractivity contribution in [3.8, 4) is 11.8 Å². The molecule has 0 spiro atoms. The van der Waals surface area contributed by atoms with Gasteiger partial charge in [-0.1, -0.05) is 18.2 Å². The van der Waals surface area contributed by atoms with Gasteiger partial charge in [0.1, 0.15) is 5.75 Å². The number of nitriles is 1. The average Bonchev–Trinajstić information content (AvgIpc) is 2.75. The highest BCUT2D eigenvalue weighted by molar-refractivity contribution is 5.80. The molecule has 1 aliphatic heterocycles. The Morgan fingerprint density at radius 3 is 2.63 bits per heavy atom. The Hall–Kier alpha value is -3.20. The SMILES string of the molecule is CN=C(NCc1cccc(C#N)c1)N1CCN(c2cccc(OC)c2)CC1. The number of hydrogen-bond donors (Lipinski definition) is 1. The zero-order valence-electron chi connectivity index (χ0n) is 15.9. The van der Waals surface area contributed by atoms with Gasteiger partial charge in [0, 0.05) is 51.5 Å². The fourth-order valence-corrected chi connectivity index (χ4v) is 3.25. The van der Waals surface area contributed by atoms with Crippen LogP contribution in [0.25, 0.3) is 0 Å². The fraction of sp³-hybridized carbons (Fsp3) is 0.333. The van der Waals surface area contributed by atoms with Crippen LogP contribution in [0, 0.1) is 11.3 Å². The van der Waals surface area contributed by atoms with Gasteiger partial charge in [-0.15, -0.1) is 0 Å². The van der Waals surface area contributed by atoms with Crippen LogP contribution in [0.15, 0.2) is 53.5 Å². The van der Waals surface area contributed by atoms with E-state index in [-0.39, 0.29) is 0 Å². The van der Waals surface area contributed by atoms with Crippen molar-refractivity contribution in [2.75, 3.05) is 45.2 Å². The second kappa shape index (κ2) is 8.95. The largest absolute Gasteiger partial charge is 0.497 e. The average molecular weight is 363 g/mol. The standard InChI is InChI=1S/C21H25N5O/c1-23-21(24-16-18-6-3-5-17(13-18)15-22)26-11-9-25(10-12-26)19-7-4-8-20(14-19)27-2/h3-8,13-14H,9-12,16H2,1-2H3,(H,23,24). The molecular weight excluding hydrogens is 338 g/mol. The van der Waals surface area contributed by atoms with Crippen LogP contribution in [-0.4, -0.2) is 51.2 Å². The molecule has 140 valence electrons. The minimum absolute atomic E-state index is 0.651. The summed E-state index contributed by atoms with van der Waals surface area (Å²) < 4.78 is 5.33. The van der Waals surface area contributed by atoms with Gasteiger partial charge in [-0.3, -0.25) is 4.99 Å². The third kappa shape index (κ3) is 4.70. The zero-order chi connectivity index (χ0) is 19.1. The minimum Gasteiger partial charge on any atom is -0.497 e. The first-order chi connectivity index (χ1) is 13.2. The van der Waals surface area contributed by atoms with Crippen molar-refractivity contribution in [3.05, 3.63) is 59.7 Å². The van der Waals surface area contributed by atoms with Crippen molar-refractivity contribution < 1.29 is 4.74 Å². The van der Waals surface area contributed by atoms with Crippen LogP contribution in [0.2, 0.25) is 0 Å². The summed E-state index contributed by atoms with van der Waals surface area (Å²) in [5, 5.41) is 12.4. The highest BCUT2D eigenvalue weighted by Gasteiger charge is 2.20. The van der Waals surface area contributed by atoms with Gasteiger partial charge >= 0.3 is 0 Å². The molecule has 0 radical (unpaired) electrons. The predicted octanol–water partition coefficient (Wildman–Crippen LogP) is 2.46. The van der Waals surface area contributed by atoms with Gasteiger partial charge in [0.15, 0.2) is 5.96 Å². The summed E-state index contributed by atoms with van der Waals surface area (Å²) in [6.07, 6.45) is 0. The monoisotopic (exact) mass is 363 g/mol. The Morgan fingerprint density at radius 2 is 1.93 bits per heavy atom. The van der Waals surface area contributed by atoms with E-state index < -0.39 is 0 Å². The Balaban J connectivity index is 1.56. The molecule has 1 aliphatic rings. The number of nitrogens with zero attached hydrogens (tertiary/aromatic N) is 4. The van der Waals surface area contributed by atoms with Gasteiger partial charge in [-0.05, 0) is 29.8 Å². The summed E-state index contributed by atoms with van der Waals surface area (Å²) in [6, 6.07) is 18.0. The third-order valence-corrected chi connectivity index (χ3v) is 4.72. The van der Waals surface area contributed by atoms with Crippen molar-refractivity contribution in [1.29, 1.82) is 5.26 Å². The predicted molar refractivity (Wildman–Crippen MR) is 108 cm³/mol. The highest BCUT2D eigenvalue weighted by Crippen LogP contribution is 2.22. The van der Waals surface area contributed by atoms with Crippen LogP contribution in [0.3, 0.4) is 0 Å². The first kappa shape index (κ1) is 18.6. The van der Waals surface area contributed by atoms with E-state index in [0.29, 0.717) is 12.1 Å². The number of ether oxygens (including phenoxy) is 1. The number of nitrogens with one attached hydrogen (secondary N) is 1. The quantitative estimate of drug-likeness (QED) is 0.668. The van der Waals surface area contributed by atoms with Crippen molar-refractivity contribution >= 4 is 11.6 Å². The zero-order valence-corrected chi connectivity index (χ0v) is 15.9. The minimum atomic E-state index is 0.651. The van der Waals surface area contributed by atoms with Crippen molar-refractivity contribution in [3.63, 3.8) is 0 Å². The fourth-order valence-electron chi connectivity index (χ4n) is 3.25. The van der Waals surface area contributed by atoms with E-state index in [9.17, 15) is 0 Å². The highest BCUT2D eigenvalue weighted by atomic mass is 16.5. The third-order valence-electron chi connectivity index (χ3n) is 4.72. The molecule has 0 aliphatic carbocycles. The summed E-state index contributed by atoms with van der Waals surface area (Å²) in [7, 11) is 3.50. The van der Waals surface area contributed by atoms with Crippen LogP contribution >= 0.6 is 0 Å². The lowest BCUT2D eigenvalue weighted by Crippen LogP contribution is -2.52. The molecule has 3 rings (SSSR count). The lowest BCUT2D eigenvalue weighted by molar-refractivity contribution is 0.372. The first-order valence-electron chi connectivity index (χ1n) is 9.07. The molecule has 0 atom stereocenters. The van der Waals surface area contributed by atoms with Crippen LogP contribution < -0.4 is 15.0 Å². The number of guanidine groups is 1. The maximum Gasteiger partial charge on any atom is 0.194 e. The van der Waals surface area contributed by atoms with Gasteiger partial charge in [0.05, 0.1) is 18.7 Å². The van der Waals surface area contributed by atoms with Crippen LogP contribution in [0.4, 0.5) is 5.69 Å². The summed E-state index contributed by atoms with van der Waals surface area (Å²) >= 11 is 0. The number of anilines is 1. The molecule has 0 aromatic heterocycles. The Labute approximate surface area is 160 Å². The lowest BCUT2D eigenvalue weighted by Gasteiger charge is -2.37. The molecule has 1 N–H and O–H groups in total. The lowest BCUT2D eigenvalue weighted by atomic mass is 10.1. The van der Waals surface area contributed by atoms with E-state index in [4.69, 9.17) is 10.00 Å². The van der Waals surface area contributed by atoms with Gasteiger partial charge in [0.25, 0.3) is 0 Å². The number of rotatable bonds is 4. The van der Waals surface area contributed by atoms with E-state index in [1.54, 1.807) is 7.11 Å². The number of benzene rings is 2. The molecular formula is C21H25N5O. The van der Waals surface area contributed by atoms with Gasteiger partial charge in [-0.2, -0.15) is 5.26 Å². The van der Waals surface area contributed by atoms with Gasteiger partial charge in [-0.25, -0.2) is 0 Å². The van der Waals surface area contributed by atoms with Crippen molar-refractivity contribution in [2.45, 2.75) is 6.54 Å². The van der Waals surface area contributed by atoms with Crippen molar-refractivity contribution in [1.82, 2.24) is 10.2 Å². The van der Waals surface area contributed by atoms with Crippen LogP contribution in [-0.2, 0) is 6.54 Å². The Kier molecular flexibility index (Phi) is 6.16. The number of aliphatic imine (C=N–C) groups is 1. The molecule has 2 aromatic rings. The van der Waals surface area contributed by atoms with E-state index in [1.807, 2.05) is 43.4 Å². The first-order valence-corrected chi connectivity index (χ1v) is 9.07. The molecule has 1 saturated heterocycles. The van der Waals surface area contributed by atoms with E-state index in [2.05, 4.69) is 38.3 Å². The molecule has 1 fully saturated rings. The molecule has 0 unspecified atom stereocenters. The van der Waals surface area contributed by atoms with Gasteiger partial charge < -0.3 is 19.9 Å². The summed E-state index contributed by atoms with van der Waals surface area (Å²) in [4.78, 5) is 9.05. The molecule has 1 heterocycles. The van der Waals surface area contributed by atoms with E-state index in [0.717, 1.165) is 43.5 Å². The number of hydrogen-bond acceptors (Lipinski definition) is 4. The van der Waals surface area contributed by atoms with E-state index in [1.165, 1.54) is 5.69 Å². The van der Waals surface area contributed by atoms with Crippen LogP contribution in [0.5, 0.6) is 5.75 Å². The molecule has 0 saturated carbocycles. The van der Waals surface area contributed by atoms with E-state index >= 15 is 0 Å². The smallest absolute Gasteiger partial charge is 0.194 e. The maximum atomic E-state index is 9.03. The number of piperazine rings is 1. The van der Waals surface area contributed by atoms with Crippen LogP contribution in [0.1, 0.15) is 11.1 Å². The molecule has 6 nitrogen and oxygen atoms in total. The summed E-state index contributed by atoms with van der Waals surface area (Å²) in [5.74, 6) is 1.77. The molecule has 6 heteroatoms. The molecule has 2 aromatic carbocycles. The van der Waals surface area contributed by atoms with Gasteiger partial charge in [0.2, 0.25) is 0 Å². The maximum absolute atomic E-state index is 9.03. The molecule has 27 heavy (non-hydrogen) atoms.